The molecule has 0 saturated carbocycles. The summed E-state index contributed by atoms with van der Waals surface area (Å²) in [4.78, 5) is 12.0. The molecule has 3 aromatic heterocycles. The molecule has 1 saturated heterocycles. The lowest BCUT2D eigenvalue weighted by molar-refractivity contribution is 0.343. The number of anilines is 1. The number of fused-ring (bicyclic) bond motifs is 1. The molecule has 30 heavy (non-hydrogen) atoms. The third-order valence-corrected chi connectivity index (χ3v) is 5.55. The standard InChI is InChI=1S/C21H22FN7O/c1-30-19-8-18-17(7-16(19)22)27-21(28-18)15-6-12(9-25-20(15)23)13-10-26-29(11-13)14-2-4-24-5-3-14/h6-11,14,24H,2-5H2,1H3,(H2,23,25)(H,27,28). The first-order chi connectivity index (χ1) is 14.6. The molecular weight excluding hydrogens is 385 g/mol. The minimum Gasteiger partial charge on any atom is -0.494 e. The fourth-order valence-electron chi connectivity index (χ4n) is 3.88. The second-order valence-electron chi connectivity index (χ2n) is 7.44. The van der Waals surface area contributed by atoms with Crippen molar-refractivity contribution < 1.29 is 9.13 Å². The van der Waals surface area contributed by atoms with Gasteiger partial charge in [-0.15, -0.1) is 0 Å². The van der Waals surface area contributed by atoms with Gasteiger partial charge in [-0.25, -0.2) is 14.4 Å². The SMILES string of the molecule is COc1cc2[nH]c(-c3cc(-c4cnn(C5CCNCC5)c4)cnc3N)nc2cc1F. The Balaban J connectivity index is 1.51. The smallest absolute Gasteiger partial charge is 0.167 e. The van der Waals surface area contributed by atoms with Crippen LogP contribution >= 0.6 is 0 Å². The van der Waals surface area contributed by atoms with Crippen LogP contribution in [0.4, 0.5) is 10.2 Å². The summed E-state index contributed by atoms with van der Waals surface area (Å²) >= 11 is 0. The summed E-state index contributed by atoms with van der Waals surface area (Å²) in [6, 6.07) is 5.25. The van der Waals surface area contributed by atoms with Gasteiger partial charge in [0.1, 0.15) is 11.6 Å². The lowest BCUT2D eigenvalue weighted by Gasteiger charge is -2.22. The van der Waals surface area contributed by atoms with Gasteiger partial charge in [0.15, 0.2) is 11.6 Å². The van der Waals surface area contributed by atoms with Gasteiger partial charge in [-0.2, -0.15) is 5.10 Å². The number of nitrogens with two attached hydrogens (primary N) is 1. The highest BCUT2D eigenvalue weighted by molar-refractivity contribution is 5.84. The van der Waals surface area contributed by atoms with Crippen molar-refractivity contribution in [3.8, 4) is 28.3 Å². The van der Waals surface area contributed by atoms with Gasteiger partial charge in [0.05, 0.1) is 35.9 Å². The van der Waals surface area contributed by atoms with Crippen LogP contribution in [0.25, 0.3) is 33.5 Å². The average Bonchev–Trinajstić information content (AvgIpc) is 3.41. The van der Waals surface area contributed by atoms with Crippen LogP contribution in [0.1, 0.15) is 18.9 Å². The number of methoxy groups -OCH3 is 1. The number of pyridine rings is 1. The summed E-state index contributed by atoms with van der Waals surface area (Å²) < 4.78 is 21.1. The maximum Gasteiger partial charge on any atom is 0.167 e. The molecule has 0 bridgehead atoms. The summed E-state index contributed by atoms with van der Waals surface area (Å²) in [7, 11) is 1.43. The van der Waals surface area contributed by atoms with E-state index in [1.54, 1.807) is 12.3 Å². The van der Waals surface area contributed by atoms with Crippen LogP contribution < -0.4 is 15.8 Å². The van der Waals surface area contributed by atoms with E-state index >= 15 is 0 Å². The Labute approximate surface area is 172 Å². The number of hydrogen-bond acceptors (Lipinski definition) is 6. The first-order valence-corrected chi connectivity index (χ1v) is 9.87. The fraction of sp³-hybridized carbons (Fsp3) is 0.286. The second-order valence-corrected chi connectivity index (χ2v) is 7.44. The predicted molar refractivity (Wildman–Crippen MR) is 113 cm³/mol. The lowest BCUT2D eigenvalue weighted by atomic mass is 10.1. The van der Waals surface area contributed by atoms with Gasteiger partial charge in [-0.05, 0) is 32.0 Å². The van der Waals surface area contributed by atoms with Crippen molar-refractivity contribution in [3.05, 3.63) is 42.6 Å². The van der Waals surface area contributed by atoms with E-state index in [-0.39, 0.29) is 5.75 Å². The Kier molecular flexibility index (Phi) is 4.59. The minimum absolute atomic E-state index is 0.155. The zero-order chi connectivity index (χ0) is 20.7. The first-order valence-electron chi connectivity index (χ1n) is 9.87. The number of nitrogens with one attached hydrogen (secondary N) is 2. The van der Waals surface area contributed by atoms with E-state index in [1.165, 1.54) is 13.2 Å². The topological polar surface area (TPSA) is 107 Å². The number of nitrogen functional groups attached to an aromatic ring is 1. The first kappa shape index (κ1) is 18.6. The highest BCUT2D eigenvalue weighted by Crippen LogP contribution is 2.31. The molecule has 0 aliphatic carbocycles. The number of rotatable bonds is 4. The Morgan fingerprint density at radius 1 is 1.17 bits per heavy atom. The molecule has 0 unspecified atom stereocenters. The van der Waals surface area contributed by atoms with Crippen molar-refractivity contribution in [2.45, 2.75) is 18.9 Å². The van der Waals surface area contributed by atoms with Crippen LogP contribution in [0.5, 0.6) is 5.75 Å². The van der Waals surface area contributed by atoms with Crippen LogP contribution in [-0.2, 0) is 0 Å². The molecule has 5 rings (SSSR count). The van der Waals surface area contributed by atoms with Gasteiger partial charge in [0.2, 0.25) is 0 Å². The molecule has 0 radical (unpaired) electrons. The molecule has 1 aromatic carbocycles. The average molecular weight is 407 g/mol. The van der Waals surface area contributed by atoms with E-state index in [9.17, 15) is 4.39 Å². The number of piperidine rings is 1. The van der Waals surface area contributed by atoms with Crippen molar-refractivity contribution >= 4 is 16.9 Å². The molecule has 0 atom stereocenters. The number of nitrogens with zero attached hydrogens (tertiary/aromatic N) is 4. The van der Waals surface area contributed by atoms with Crippen LogP contribution in [0, 0.1) is 5.82 Å². The lowest BCUT2D eigenvalue weighted by Crippen LogP contribution is -2.29. The van der Waals surface area contributed by atoms with Gasteiger partial charge in [-0.1, -0.05) is 0 Å². The number of hydrogen-bond donors (Lipinski definition) is 3. The number of aromatic nitrogens is 5. The van der Waals surface area contributed by atoms with E-state index < -0.39 is 5.82 Å². The Bertz CT molecular complexity index is 1210. The fourth-order valence-corrected chi connectivity index (χ4v) is 3.88. The van der Waals surface area contributed by atoms with Crippen LogP contribution in [0.15, 0.2) is 36.8 Å². The number of benzene rings is 1. The molecule has 4 N–H and O–H groups in total. The summed E-state index contributed by atoms with van der Waals surface area (Å²) in [6.45, 7) is 2.01. The van der Waals surface area contributed by atoms with Crippen molar-refractivity contribution in [2.24, 2.45) is 0 Å². The van der Waals surface area contributed by atoms with Crippen molar-refractivity contribution in [2.75, 3.05) is 25.9 Å². The maximum absolute atomic E-state index is 14.0. The molecule has 0 spiro atoms. The Morgan fingerprint density at radius 2 is 2.00 bits per heavy atom. The molecule has 154 valence electrons. The summed E-state index contributed by atoms with van der Waals surface area (Å²) in [5, 5.41) is 7.93. The molecule has 1 aliphatic rings. The van der Waals surface area contributed by atoms with Crippen molar-refractivity contribution in [1.82, 2.24) is 30.0 Å². The highest BCUT2D eigenvalue weighted by Gasteiger charge is 2.18. The zero-order valence-electron chi connectivity index (χ0n) is 16.5. The molecule has 9 heteroatoms. The number of H-pyrrole nitrogens is 1. The van der Waals surface area contributed by atoms with E-state index in [0.29, 0.717) is 34.3 Å². The minimum atomic E-state index is -0.465. The molecule has 4 heterocycles. The number of aromatic amines is 1. The van der Waals surface area contributed by atoms with Gasteiger partial charge in [0, 0.05) is 35.7 Å². The molecular formula is C21H22FN7O. The predicted octanol–water partition coefficient (Wildman–Crippen LogP) is 3.14. The highest BCUT2D eigenvalue weighted by atomic mass is 19.1. The third kappa shape index (κ3) is 3.26. The second kappa shape index (κ2) is 7.42. The monoisotopic (exact) mass is 407 g/mol. The van der Waals surface area contributed by atoms with E-state index in [2.05, 4.69) is 25.4 Å². The quantitative estimate of drug-likeness (QED) is 0.480. The normalized spacial score (nSPS) is 15.0. The van der Waals surface area contributed by atoms with Crippen LogP contribution in [-0.4, -0.2) is 44.9 Å². The largest absolute Gasteiger partial charge is 0.494 e. The van der Waals surface area contributed by atoms with E-state index in [0.717, 1.165) is 37.1 Å². The Hall–Kier alpha value is -3.46. The van der Waals surface area contributed by atoms with Gasteiger partial charge in [-0.3, -0.25) is 4.68 Å². The molecule has 8 nitrogen and oxygen atoms in total. The Morgan fingerprint density at radius 3 is 2.80 bits per heavy atom. The third-order valence-electron chi connectivity index (χ3n) is 5.55. The number of ether oxygens (including phenoxy) is 1. The summed E-state index contributed by atoms with van der Waals surface area (Å²) in [5.41, 5.74) is 9.79. The zero-order valence-corrected chi connectivity index (χ0v) is 16.5. The van der Waals surface area contributed by atoms with Gasteiger partial charge >= 0.3 is 0 Å². The van der Waals surface area contributed by atoms with Crippen molar-refractivity contribution in [3.63, 3.8) is 0 Å². The summed E-state index contributed by atoms with van der Waals surface area (Å²) in [5.74, 6) is 0.558. The van der Waals surface area contributed by atoms with Crippen molar-refractivity contribution in [1.29, 1.82) is 0 Å². The molecule has 1 aliphatic heterocycles. The van der Waals surface area contributed by atoms with Gasteiger partial charge in [0.25, 0.3) is 0 Å². The maximum atomic E-state index is 14.0. The van der Waals surface area contributed by atoms with E-state index in [1.807, 2.05) is 23.1 Å². The molecule has 0 amide bonds. The van der Waals surface area contributed by atoms with Crippen LogP contribution in [0.3, 0.4) is 0 Å². The summed E-state index contributed by atoms with van der Waals surface area (Å²) in [6.07, 6.45) is 7.74. The number of halogens is 1. The van der Waals surface area contributed by atoms with Crippen LogP contribution in [0.2, 0.25) is 0 Å². The molecule has 1 fully saturated rings. The van der Waals surface area contributed by atoms with E-state index in [4.69, 9.17) is 10.5 Å². The van der Waals surface area contributed by atoms with Gasteiger partial charge < -0.3 is 20.8 Å². The molecule has 4 aromatic rings. The number of imidazole rings is 1.